The molecule has 0 unspecified atom stereocenters. The molecule has 0 bridgehead atoms. The fraction of sp³-hybridized carbons (Fsp3) is 0.200. The van der Waals surface area contributed by atoms with E-state index in [9.17, 15) is 0 Å². The van der Waals surface area contributed by atoms with Crippen LogP contribution in [0.4, 0.5) is 0 Å². The maximum Gasteiger partial charge on any atom is 0.373 e. The quantitative estimate of drug-likeness (QED) is 0.637. The fourth-order valence-corrected chi connectivity index (χ4v) is 1.15. The summed E-state index contributed by atoms with van der Waals surface area (Å²) < 4.78 is 5.34. The number of fused-ring (bicyclic) bond motifs is 1. The maximum absolute atomic E-state index is 8.12. The van der Waals surface area contributed by atoms with Crippen molar-refractivity contribution in [2.75, 3.05) is 0 Å². The van der Waals surface area contributed by atoms with Crippen molar-refractivity contribution in [2.24, 2.45) is 0 Å². The monoisotopic (exact) mass is 191 g/mol. The molecule has 0 aliphatic rings. The third kappa shape index (κ3) is 2.28. The number of rotatable bonds is 0. The lowest BCUT2D eigenvalue weighted by molar-refractivity contribution is -0.191. The van der Waals surface area contributed by atoms with Gasteiger partial charge in [-0.3, -0.25) is 0 Å². The summed E-state index contributed by atoms with van der Waals surface area (Å²) >= 11 is 0. The van der Waals surface area contributed by atoms with Crippen LogP contribution in [0.3, 0.4) is 0 Å². The van der Waals surface area contributed by atoms with Gasteiger partial charge in [0.25, 0.3) is 0 Å². The summed E-state index contributed by atoms with van der Waals surface area (Å²) in [6.45, 7) is 3.90. The van der Waals surface area contributed by atoms with Crippen molar-refractivity contribution in [3.8, 4) is 0 Å². The largest absolute Gasteiger partial charge is 0.441 e. The first kappa shape index (κ1) is 10.2. The SMILES string of the molecule is Cc1ccc2nc(C)oc2c1.O=C=O. The lowest BCUT2D eigenvalue weighted by atomic mass is 10.2. The highest BCUT2D eigenvalue weighted by molar-refractivity contribution is 5.73. The molecule has 0 saturated heterocycles. The molecule has 4 nitrogen and oxygen atoms in total. The average molecular weight is 191 g/mol. The van der Waals surface area contributed by atoms with Crippen LogP contribution in [-0.2, 0) is 9.59 Å². The average Bonchev–Trinajstić information content (AvgIpc) is 2.45. The summed E-state index contributed by atoms with van der Waals surface area (Å²) in [7, 11) is 0. The van der Waals surface area contributed by atoms with E-state index in [1.54, 1.807) is 0 Å². The van der Waals surface area contributed by atoms with Gasteiger partial charge in [0.05, 0.1) is 0 Å². The second-order valence-electron chi connectivity index (χ2n) is 2.79. The topological polar surface area (TPSA) is 60.2 Å². The van der Waals surface area contributed by atoms with Crippen molar-refractivity contribution >= 4 is 17.3 Å². The first-order valence-electron chi connectivity index (χ1n) is 4.00. The Balaban J connectivity index is 0.000000293. The Hall–Kier alpha value is -1.93. The normalized spacial score (nSPS) is 9.00. The van der Waals surface area contributed by atoms with E-state index in [-0.39, 0.29) is 6.15 Å². The molecule has 0 spiro atoms. The molecule has 1 heterocycles. The van der Waals surface area contributed by atoms with Crippen molar-refractivity contribution in [1.82, 2.24) is 4.98 Å². The molecule has 0 N–H and O–H groups in total. The molecule has 4 heteroatoms. The number of benzene rings is 1. The van der Waals surface area contributed by atoms with Gasteiger partial charge in [0, 0.05) is 6.92 Å². The predicted octanol–water partition coefficient (Wildman–Crippen LogP) is 1.86. The summed E-state index contributed by atoms with van der Waals surface area (Å²) in [4.78, 5) is 20.4. The Morgan fingerprint density at radius 3 is 2.57 bits per heavy atom. The van der Waals surface area contributed by atoms with Crippen LogP contribution in [0.5, 0.6) is 0 Å². The molecule has 0 amide bonds. The Kier molecular flexibility index (Phi) is 3.15. The van der Waals surface area contributed by atoms with Gasteiger partial charge in [0.15, 0.2) is 11.5 Å². The number of hydrogen-bond donors (Lipinski definition) is 0. The van der Waals surface area contributed by atoms with Crippen LogP contribution in [0.2, 0.25) is 0 Å². The van der Waals surface area contributed by atoms with Crippen LogP contribution in [0.1, 0.15) is 11.5 Å². The predicted molar refractivity (Wildman–Crippen MR) is 48.5 cm³/mol. The second-order valence-corrected chi connectivity index (χ2v) is 2.79. The van der Waals surface area contributed by atoms with Gasteiger partial charge in [0.1, 0.15) is 5.52 Å². The highest BCUT2D eigenvalue weighted by atomic mass is 16.3. The van der Waals surface area contributed by atoms with Gasteiger partial charge >= 0.3 is 6.15 Å². The molecular weight excluding hydrogens is 182 g/mol. The molecule has 2 rings (SSSR count). The van der Waals surface area contributed by atoms with Gasteiger partial charge in [-0.05, 0) is 24.6 Å². The summed E-state index contributed by atoms with van der Waals surface area (Å²) in [6, 6.07) is 6.00. The zero-order valence-corrected chi connectivity index (χ0v) is 7.90. The van der Waals surface area contributed by atoms with E-state index in [0.29, 0.717) is 0 Å². The number of aryl methyl sites for hydroxylation is 2. The van der Waals surface area contributed by atoms with Gasteiger partial charge in [-0.2, -0.15) is 9.59 Å². The summed E-state index contributed by atoms with van der Waals surface area (Å²) in [5.74, 6) is 0.727. The molecule has 0 saturated carbocycles. The lowest BCUT2D eigenvalue weighted by Crippen LogP contribution is -1.70. The van der Waals surface area contributed by atoms with Crippen molar-refractivity contribution in [1.29, 1.82) is 0 Å². The summed E-state index contributed by atoms with van der Waals surface area (Å²) in [6.07, 6.45) is 0.250. The summed E-state index contributed by atoms with van der Waals surface area (Å²) in [5, 5.41) is 0. The highest BCUT2D eigenvalue weighted by Gasteiger charge is 1.99. The van der Waals surface area contributed by atoms with Crippen molar-refractivity contribution in [3.63, 3.8) is 0 Å². The first-order chi connectivity index (χ1) is 6.67. The molecule has 2 aromatic rings. The van der Waals surface area contributed by atoms with Gasteiger partial charge in [-0.25, -0.2) is 4.98 Å². The Labute approximate surface area is 80.6 Å². The minimum Gasteiger partial charge on any atom is -0.441 e. The van der Waals surface area contributed by atoms with E-state index in [4.69, 9.17) is 14.0 Å². The van der Waals surface area contributed by atoms with Crippen LogP contribution >= 0.6 is 0 Å². The highest BCUT2D eigenvalue weighted by Crippen LogP contribution is 2.15. The molecule has 72 valence electrons. The van der Waals surface area contributed by atoms with Gasteiger partial charge in [-0.15, -0.1) is 0 Å². The second kappa shape index (κ2) is 4.35. The Morgan fingerprint density at radius 2 is 1.93 bits per heavy atom. The number of aromatic nitrogens is 1. The Morgan fingerprint density at radius 1 is 1.29 bits per heavy atom. The Bertz CT molecular complexity index is 467. The van der Waals surface area contributed by atoms with E-state index < -0.39 is 0 Å². The van der Waals surface area contributed by atoms with Crippen LogP contribution in [0.25, 0.3) is 11.1 Å². The van der Waals surface area contributed by atoms with Crippen LogP contribution in [0.15, 0.2) is 22.6 Å². The molecule has 0 radical (unpaired) electrons. The van der Waals surface area contributed by atoms with Gasteiger partial charge < -0.3 is 4.42 Å². The molecule has 1 aromatic heterocycles. The molecule has 0 aliphatic heterocycles. The molecular formula is C10H9NO3. The minimum atomic E-state index is 0.250. The van der Waals surface area contributed by atoms with Crippen molar-refractivity contribution in [3.05, 3.63) is 29.7 Å². The minimum absolute atomic E-state index is 0.250. The maximum atomic E-state index is 8.12. The lowest BCUT2D eigenvalue weighted by Gasteiger charge is -1.87. The van der Waals surface area contributed by atoms with E-state index in [1.165, 1.54) is 5.56 Å². The number of hydrogen-bond acceptors (Lipinski definition) is 4. The van der Waals surface area contributed by atoms with Crippen LogP contribution < -0.4 is 0 Å². The third-order valence-corrected chi connectivity index (χ3v) is 1.65. The van der Waals surface area contributed by atoms with Crippen LogP contribution in [0, 0.1) is 13.8 Å². The smallest absolute Gasteiger partial charge is 0.373 e. The molecule has 0 fully saturated rings. The molecule has 1 aromatic carbocycles. The molecule has 14 heavy (non-hydrogen) atoms. The number of nitrogens with zero attached hydrogens (tertiary/aromatic N) is 1. The van der Waals surface area contributed by atoms with E-state index >= 15 is 0 Å². The molecule has 0 atom stereocenters. The van der Waals surface area contributed by atoms with Crippen LogP contribution in [-0.4, -0.2) is 11.1 Å². The third-order valence-electron chi connectivity index (χ3n) is 1.65. The van der Waals surface area contributed by atoms with Crippen molar-refractivity contribution < 1.29 is 14.0 Å². The first-order valence-corrected chi connectivity index (χ1v) is 4.00. The van der Waals surface area contributed by atoms with Crippen molar-refractivity contribution in [2.45, 2.75) is 13.8 Å². The summed E-state index contributed by atoms with van der Waals surface area (Å²) in [5.41, 5.74) is 3.02. The number of carbonyl (C=O) groups excluding carboxylic acids is 2. The van der Waals surface area contributed by atoms with Gasteiger partial charge in [0.2, 0.25) is 0 Å². The van der Waals surface area contributed by atoms with E-state index in [1.807, 2.05) is 32.0 Å². The fourth-order valence-electron chi connectivity index (χ4n) is 1.15. The van der Waals surface area contributed by atoms with E-state index in [0.717, 1.165) is 17.0 Å². The zero-order chi connectivity index (χ0) is 10.6. The zero-order valence-electron chi connectivity index (χ0n) is 7.90. The van der Waals surface area contributed by atoms with Gasteiger partial charge in [-0.1, -0.05) is 6.07 Å². The number of oxazole rings is 1. The molecule has 0 aliphatic carbocycles. The standard InChI is InChI=1S/C9H9NO.CO2/c1-6-3-4-8-9(5-6)11-7(2)10-8;2-1-3/h3-5H,1-2H3;. The van der Waals surface area contributed by atoms with E-state index in [2.05, 4.69) is 4.98 Å².